The summed E-state index contributed by atoms with van der Waals surface area (Å²) in [5.41, 5.74) is 0.167. The van der Waals surface area contributed by atoms with Crippen molar-refractivity contribution in [1.29, 1.82) is 10.5 Å². The van der Waals surface area contributed by atoms with Crippen LogP contribution in [0.5, 0.6) is 0 Å². The predicted molar refractivity (Wildman–Crippen MR) is 219 cm³/mol. The lowest BCUT2D eigenvalue weighted by molar-refractivity contribution is 0.526. The Bertz CT molecular complexity index is 1020. The van der Waals surface area contributed by atoms with Crippen molar-refractivity contribution < 1.29 is 0 Å². The highest BCUT2D eigenvalue weighted by Gasteiger charge is 2.01. The first kappa shape index (κ1) is 45.6. The molecule has 0 atom stereocenters. The second kappa shape index (κ2) is 36.3. The Kier molecular flexibility index (Phi) is 33.1. The van der Waals surface area contributed by atoms with Crippen LogP contribution in [0.3, 0.4) is 0 Å². The summed E-state index contributed by atoms with van der Waals surface area (Å²) in [7, 11) is 0. The van der Waals surface area contributed by atoms with Crippen LogP contribution in [0.15, 0.2) is 24.3 Å². The van der Waals surface area contributed by atoms with Gasteiger partial charge in [0.2, 0.25) is 0 Å². The lowest BCUT2D eigenvalue weighted by Gasteiger charge is -2.14. The topological polar surface area (TPSA) is 71.6 Å². The van der Waals surface area contributed by atoms with E-state index in [2.05, 4.69) is 24.5 Å². The maximum Gasteiger partial charge on any atom is 0.136 e. The smallest absolute Gasteiger partial charge is 0.136 e. The zero-order valence-corrected chi connectivity index (χ0v) is 33.2. The molecule has 284 valence electrons. The third kappa shape index (κ3) is 27.3. The third-order valence-corrected chi connectivity index (χ3v) is 10.4. The van der Waals surface area contributed by atoms with Gasteiger partial charge in [-0.05, 0) is 12.8 Å². The van der Waals surface area contributed by atoms with E-state index in [9.17, 15) is 10.5 Å². The van der Waals surface area contributed by atoms with Crippen molar-refractivity contribution in [3.8, 4) is 12.1 Å². The molecule has 2 N–H and O–H groups in total. The molecular formula is C46H80N4. The van der Waals surface area contributed by atoms with Gasteiger partial charge in [-0.25, -0.2) is 0 Å². The fourth-order valence-corrected chi connectivity index (χ4v) is 7.00. The average molecular weight is 689 g/mol. The molecule has 0 radical (unpaired) electrons. The van der Waals surface area contributed by atoms with Gasteiger partial charge in [0.25, 0.3) is 0 Å². The van der Waals surface area contributed by atoms with Gasteiger partial charge in [0, 0.05) is 23.5 Å². The Labute approximate surface area is 311 Å². The van der Waals surface area contributed by atoms with E-state index in [0.29, 0.717) is 5.22 Å². The van der Waals surface area contributed by atoms with Crippen LogP contribution in [0.1, 0.15) is 219 Å². The Morgan fingerprint density at radius 3 is 0.880 bits per heavy atom. The van der Waals surface area contributed by atoms with E-state index in [4.69, 9.17) is 0 Å². The first-order valence-corrected chi connectivity index (χ1v) is 21.9. The summed E-state index contributed by atoms with van der Waals surface area (Å²) in [4.78, 5) is 0. The molecular weight excluding hydrogens is 609 g/mol. The Balaban J connectivity index is 2.23. The first-order valence-electron chi connectivity index (χ1n) is 21.9. The van der Waals surface area contributed by atoms with Crippen molar-refractivity contribution in [3.05, 3.63) is 34.7 Å². The molecule has 4 nitrogen and oxygen atoms in total. The van der Waals surface area contributed by atoms with E-state index in [1.165, 1.54) is 205 Å². The molecule has 0 heterocycles. The molecule has 0 saturated heterocycles. The molecule has 0 aliphatic rings. The quantitative estimate of drug-likeness (QED) is 0.0688. The van der Waals surface area contributed by atoms with Gasteiger partial charge in [-0.2, -0.15) is 10.5 Å². The normalized spacial score (nSPS) is 10.9. The molecule has 0 fully saturated rings. The molecule has 0 amide bonds. The van der Waals surface area contributed by atoms with Crippen LogP contribution in [-0.4, -0.2) is 13.1 Å². The zero-order valence-electron chi connectivity index (χ0n) is 33.2. The Morgan fingerprint density at radius 1 is 0.380 bits per heavy atom. The number of benzene rings is 1. The summed E-state index contributed by atoms with van der Waals surface area (Å²) in [5.74, 6) is 1.08. The highest BCUT2D eigenvalue weighted by atomic mass is 15.1. The van der Waals surface area contributed by atoms with Crippen LogP contribution in [0.2, 0.25) is 0 Å². The van der Waals surface area contributed by atoms with E-state index in [0.717, 1.165) is 24.1 Å². The fraction of sp³-hybridized carbons (Fsp3) is 0.783. The number of hydrogen-bond acceptors (Lipinski definition) is 4. The predicted octanol–water partition coefficient (Wildman–Crippen LogP) is 12.7. The third-order valence-electron chi connectivity index (χ3n) is 10.4. The van der Waals surface area contributed by atoms with Crippen LogP contribution in [0, 0.1) is 22.7 Å². The van der Waals surface area contributed by atoms with Crippen LogP contribution >= 0.6 is 0 Å². The van der Waals surface area contributed by atoms with Crippen molar-refractivity contribution in [1.82, 2.24) is 10.6 Å². The van der Waals surface area contributed by atoms with Crippen LogP contribution < -0.4 is 21.1 Å². The van der Waals surface area contributed by atoms with Crippen molar-refractivity contribution >= 4 is 11.4 Å². The Hall–Kier alpha value is -2.46. The van der Waals surface area contributed by atoms with Gasteiger partial charge >= 0.3 is 0 Å². The largest absolute Gasteiger partial charge is 0.371 e. The molecule has 0 aromatic heterocycles. The van der Waals surface area contributed by atoms with Crippen molar-refractivity contribution in [3.63, 3.8) is 0 Å². The minimum absolute atomic E-state index is 0.167. The minimum atomic E-state index is 0.167. The SMILES string of the molecule is CCCCCCCCCCCCCCCCCCNC(NCCCCCCCCCCCCCCCCCC)=c1ccc(=C(C#N)C#N)cc1. The maximum absolute atomic E-state index is 9.25. The lowest BCUT2D eigenvalue weighted by atomic mass is 10.0. The average Bonchev–Trinajstić information content (AvgIpc) is 3.14. The van der Waals surface area contributed by atoms with Crippen molar-refractivity contribution in [2.75, 3.05) is 13.1 Å². The zero-order chi connectivity index (χ0) is 36.0. The van der Waals surface area contributed by atoms with Gasteiger partial charge in [0.1, 0.15) is 23.5 Å². The molecule has 4 heteroatoms. The second-order valence-electron chi connectivity index (χ2n) is 15.0. The van der Waals surface area contributed by atoms with Crippen LogP contribution in [0.25, 0.3) is 11.4 Å². The summed E-state index contributed by atoms with van der Waals surface area (Å²) in [6.07, 6.45) is 44.4. The van der Waals surface area contributed by atoms with Gasteiger partial charge in [-0.15, -0.1) is 0 Å². The first-order chi connectivity index (χ1) is 24.8. The number of hydrogen-bond donors (Lipinski definition) is 2. The number of nitrogens with one attached hydrogen (secondary N) is 2. The Morgan fingerprint density at radius 2 is 0.620 bits per heavy atom. The van der Waals surface area contributed by atoms with Crippen LogP contribution in [0.4, 0.5) is 0 Å². The molecule has 0 saturated carbocycles. The molecule has 1 rings (SSSR count). The second-order valence-corrected chi connectivity index (χ2v) is 15.0. The molecule has 1 aromatic rings. The summed E-state index contributed by atoms with van der Waals surface area (Å²) in [6, 6.07) is 11.9. The van der Waals surface area contributed by atoms with Gasteiger partial charge < -0.3 is 10.6 Å². The van der Waals surface area contributed by atoms with E-state index in [1.807, 2.05) is 36.4 Å². The fourth-order valence-electron chi connectivity index (χ4n) is 7.00. The molecule has 0 bridgehead atoms. The van der Waals surface area contributed by atoms with Crippen molar-refractivity contribution in [2.24, 2.45) is 0 Å². The standard InChI is InChI=1S/C46H80N4/c1-3-5-7-9-11-13-15-17-19-21-23-25-27-29-31-33-39-49-46(44-37-35-43(36-38-44)45(41-47)42-48)50-40-34-32-30-28-26-24-22-20-18-16-14-12-10-8-6-4-2/h35-38,49-50H,3-34,39-40H2,1-2H3. The van der Waals surface area contributed by atoms with E-state index in [-0.39, 0.29) is 5.57 Å². The minimum Gasteiger partial charge on any atom is -0.371 e. The summed E-state index contributed by atoms with van der Waals surface area (Å²) in [5, 5.41) is 27.7. The maximum atomic E-state index is 9.25. The summed E-state index contributed by atoms with van der Waals surface area (Å²) >= 11 is 0. The monoisotopic (exact) mass is 689 g/mol. The summed E-state index contributed by atoms with van der Waals surface area (Å²) in [6.45, 7) is 6.52. The highest BCUT2D eigenvalue weighted by molar-refractivity contribution is 5.72. The molecule has 0 aliphatic carbocycles. The number of rotatable bonds is 36. The summed E-state index contributed by atoms with van der Waals surface area (Å²) < 4.78 is 0. The number of nitrogens with zero attached hydrogens (tertiary/aromatic N) is 2. The molecule has 0 spiro atoms. The van der Waals surface area contributed by atoms with Gasteiger partial charge in [-0.3, -0.25) is 0 Å². The van der Waals surface area contributed by atoms with Crippen molar-refractivity contribution in [2.45, 2.75) is 219 Å². The molecule has 0 aliphatic heterocycles. The van der Waals surface area contributed by atoms with Gasteiger partial charge in [0.15, 0.2) is 0 Å². The van der Waals surface area contributed by atoms with Gasteiger partial charge in [0.05, 0.1) is 0 Å². The van der Waals surface area contributed by atoms with Gasteiger partial charge in [-0.1, -0.05) is 231 Å². The highest BCUT2D eigenvalue weighted by Crippen LogP contribution is 2.15. The molecule has 1 aromatic carbocycles. The van der Waals surface area contributed by atoms with Crippen LogP contribution in [-0.2, 0) is 0 Å². The molecule has 0 unspecified atom stereocenters. The number of nitriles is 2. The molecule has 50 heavy (non-hydrogen) atoms. The number of unbranched alkanes of at least 4 members (excludes halogenated alkanes) is 30. The lowest BCUT2D eigenvalue weighted by Crippen LogP contribution is -2.33. The van der Waals surface area contributed by atoms with E-state index in [1.54, 1.807) is 0 Å². The van der Waals surface area contributed by atoms with E-state index < -0.39 is 0 Å². The van der Waals surface area contributed by atoms with E-state index >= 15 is 0 Å².